The molecule has 0 spiro atoms. The van der Waals surface area contributed by atoms with Crippen molar-refractivity contribution in [1.29, 1.82) is 0 Å². The molecule has 1 saturated carbocycles. The summed E-state index contributed by atoms with van der Waals surface area (Å²) in [6.45, 7) is 1.18. The lowest BCUT2D eigenvalue weighted by Gasteiger charge is -2.32. The first-order chi connectivity index (χ1) is 7.62. The van der Waals surface area contributed by atoms with Crippen LogP contribution >= 0.6 is 15.9 Å². The summed E-state index contributed by atoms with van der Waals surface area (Å²) in [4.78, 5) is 2.33. The van der Waals surface area contributed by atoms with E-state index in [1.807, 2.05) is 0 Å². The zero-order valence-electron chi connectivity index (χ0n) is 10.2. The Balaban J connectivity index is 2.28. The van der Waals surface area contributed by atoms with Gasteiger partial charge in [0.2, 0.25) is 0 Å². The topological polar surface area (TPSA) is 3.24 Å². The van der Waals surface area contributed by atoms with Crippen molar-refractivity contribution in [3.05, 3.63) is 34.3 Å². The maximum absolute atomic E-state index is 3.51. The maximum atomic E-state index is 3.51. The van der Waals surface area contributed by atoms with E-state index in [0.717, 1.165) is 0 Å². The first-order valence-electron chi connectivity index (χ1n) is 6.03. The Morgan fingerprint density at radius 3 is 2.19 bits per heavy atom. The zero-order valence-corrected chi connectivity index (χ0v) is 11.8. The molecule has 0 radical (unpaired) electrons. The molecule has 1 fully saturated rings. The van der Waals surface area contributed by atoms with E-state index >= 15 is 0 Å². The molecular weight excluding hydrogens is 262 g/mol. The molecule has 0 aliphatic heterocycles. The van der Waals surface area contributed by atoms with Crippen LogP contribution in [0, 0.1) is 0 Å². The summed E-state index contributed by atoms with van der Waals surface area (Å²) in [7, 11) is 4.36. The molecule has 0 saturated heterocycles. The second-order valence-electron chi connectivity index (χ2n) is 5.23. The number of benzene rings is 1. The van der Waals surface area contributed by atoms with Gasteiger partial charge >= 0.3 is 0 Å². The molecule has 88 valence electrons. The van der Waals surface area contributed by atoms with Crippen LogP contribution in [0.15, 0.2) is 28.7 Å². The Hall–Kier alpha value is -0.340. The molecule has 2 heteroatoms. The Kier molecular flexibility index (Phi) is 3.70. The summed E-state index contributed by atoms with van der Waals surface area (Å²) in [6.07, 6.45) is 5.44. The molecule has 1 nitrogen and oxygen atoms in total. The van der Waals surface area contributed by atoms with Gasteiger partial charge in [0.15, 0.2) is 0 Å². The smallest absolute Gasteiger partial charge is 0.0175 e. The van der Waals surface area contributed by atoms with E-state index in [9.17, 15) is 0 Å². The van der Waals surface area contributed by atoms with E-state index in [4.69, 9.17) is 0 Å². The highest BCUT2D eigenvalue weighted by atomic mass is 79.9. The summed E-state index contributed by atoms with van der Waals surface area (Å²) in [6, 6.07) is 8.92. The SMILES string of the molecule is CN(C)CC1(c2ccc(Br)cc2)CCCC1. The van der Waals surface area contributed by atoms with Gasteiger partial charge in [-0.05, 0) is 44.6 Å². The first kappa shape index (κ1) is 12.1. The lowest BCUT2D eigenvalue weighted by molar-refractivity contribution is 0.284. The molecule has 1 aliphatic carbocycles. The molecule has 16 heavy (non-hydrogen) atoms. The fourth-order valence-corrected chi connectivity index (χ4v) is 3.26. The molecule has 0 N–H and O–H groups in total. The molecule has 1 aliphatic rings. The summed E-state index contributed by atoms with van der Waals surface area (Å²) < 4.78 is 1.18. The van der Waals surface area contributed by atoms with Crippen molar-refractivity contribution in [3.63, 3.8) is 0 Å². The van der Waals surface area contributed by atoms with Crippen molar-refractivity contribution in [2.75, 3.05) is 20.6 Å². The molecular formula is C14H20BrN. The molecule has 0 heterocycles. The van der Waals surface area contributed by atoms with Gasteiger partial charge in [-0.25, -0.2) is 0 Å². The van der Waals surface area contributed by atoms with Crippen molar-refractivity contribution in [2.24, 2.45) is 0 Å². The van der Waals surface area contributed by atoms with E-state index in [0.29, 0.717) is 5.41 Å². The summed E-state index contributed by atoms with van der Waals surface area (Å²) in [5, 5.41) is 0. The van der Waals surface area contributed by atoms with Gasteiger partial charge in [0.1, 0.15) is 0 Å². The third-order valence-electron chi connectivity index (χ3n) is 3.64. The Morgan fingerprint density at radius 2 is 1.69 bits per heavy atom. The van der Waals surface area contributed by atoms with Crippen LogP contribution in [0.1, 0.15) is 31.2 Å². The van der Waals surface area contributed by atoms with Crippen LogP contribution in [0.4, 0.5) is 0 Å². The largest absolute Gasteiger partial charge is 0.309 e. The number of nitrogens with zero attached hydrogens (tertiary/aromatic N) is 1. The lowest BCUT2D eigenvalue weighted by atomic mass is 9.78. The van der Waals surface area contributed by atoms with Crippen LogP contribution in [0.25, 0.3) is 0 Å². The highest BCUT2D eigenvalue weighted by Gasteiger charge is 2.35. The van der Waals surface area contributed by atoms with E-state index in [1.54, 1.807) is 0 Å². The fourth-order valence-electron chi connectivity index (χ4n) is 3.00. The predicted molar refractivity (Wildman–Crippen MR) is 72.8 cm³/mol. The van der Waals surface area contributed by atoms with Gasteiger partial charge in [-0.3, -0.25) is 0 Å². The third kappa shape index (κ3) is 2.49. The van der Waals surface area contributed by atoms with Crippen molar-refractivity contribution < 1.29 is 0 Å². The Bertz CT molecular complexity index is 336. The van der Waals surface area contributed by atoms with Crippen molar-refractivity contribution in [1.82, 2.24) is 4.90 Å². The van der Waals surface area contributed by atoms with Crippen LogP contribution in [0.5, 0.6) is 0 Å². The standard InChI is InChI=1S/C14H20BrN/c1-16(2)11-14(9-3-4-10-14)12-5-7-13(15)8-6-12/h5-8H,3-4,9-11H2,1-2H3. The Morgan fingerprint density at radius 1 is 1.12 bits per heavy atom. The zero-order chi connectivity index (χ0) is 11.6. The number of hydrogen-bond donors (Lipinski definition) is 0. The molecule has 0 atom stereocenters. The van der Waals surface area contributed by atoms with Crippen LogP contribution in [0.3, 0.4) is 0 Å². The average molecular weight is 282 g/mol. The van der Waals surface area contributed by atoms with Crippen LogP contribution in [-0.2, 0) is 5.41 Å². The molecule has 0 aromatic heterocycles. The highest BCUT2D eigenvalue weighted by molar-refractivity contribution is 9.10. The summed E-state index contributed by atoms with van der Waals surface area (Å²) in [5.74, 6) is 0. The second-order valence-corrected chi connectivity index (χ2v) is 6.15. The van der Waals surface area contributed by atoms with Gasteiger partial charge < -0.3 is 4.90 Å². The molecule has 0 bridgehead atoms. The minimum Gasteiger partial charge on any atom is -0.309 e. The quantitative estimate of drug-likeness (QED) is 0.814. The van der Waals surface area contributed by atoms with Gasteiger partial charge in [0.25, 0.3) is 0 Å². The van der Waals surface area contributed by atoms with Crippen LogP contribution < -0.4 is 0 Å². The van der Waals surface area contributed by atoms with Gasteiger partial charge in [0, 0.05) is 16.4 Å². The molecule has 0 amide bonds. The van der Waals surface area contributed by atoms with Gasteiger partial charge in [0.05, 0.1) is 0 Å². The summed E-state index contributed by atoms with van der Waals surface area (Å²) >= 11 is 3.51. The van der Waals surface area contributed by atoms with Crippen molar-refractivity contribution >= 4 is 15.9 Å². The monoisotopic (exact) mass is 281 g/mol. The lowest BCUT2D eigenvalue weighted by Crippen LogP contribution is -2.35. The normalized spacial score (nSPS) is 19.2. The minimum absolute atomic E-state index is 0.407. The van der Waals surface area contributed by atoms with Crippen LogP contribution in [0.2, 0.25) is 0 Å². The molecule has 0 unspecified atom stereocenters. The highest BCUT2D eigenvalue weighted by Crippen LogP contribution is 2.41. The predicted octanol–water partition coefficient (Wildman–Crippen LogP) is 3.82. The van der Waals surface area contributed by atoms with E-state index in [2.05, 4.69) is 59.2 Å². The third-order valence-corrected chi connectivity index (χ3v) is 4.16. The molecule has 1 aromatic carbocycles. The second kappa shape index (κ2) is 4.89. The molecule has 1 aromatic rings. The van der Waals surface area contributed by atoms with E-state index in [1.165, 1.54) is 42.3 Å². The first-order valence-corrected chi connectivity index (χ1v) is 6.82. The number of halogens is 1. The fraction of sp³-hybridized carbons (Fsp3) is 0.571. The van der Waals surface area contributed by atoms with E-state index < -0.39 is 0 Å². The maximum Gasteiger partial charge on any atom is 0.0175 e. The van der Waals surface area contributed by atoms with Crippen molar-refractivity contribution in [2.45, 2.75) is 31.1 Å². The number of rotatable bonds is 3. The molecule has 2 rings (SSSR count). The number of likely N-dealkylation sites (N-methyl/N-ethyl adjacent to an activating group) is 1. The number of hydrogen-bond acceptors (Lipinski definition) is 1. The minimum atomic E-state index is 0.407. The van der Waals surface area contributed by atoms with E-state index in [-0.39, 0.29) is 0 Å². The van der Waals surface area contributed by atoms with Crippen molar-refractivity contribution in [3.8, 4) is 0 Å². The van der Waals surface area contributed by atoms with Crippen LogP contribution in [-0.4, -0.2) is 25.5 Å². The van der Waals surface area contributed by atoms with Gasteiger partial charge in [-0.2, -0.15) is 0 Å². The Labute approximate surface area is 107 Å². The summed E-state index contributed by atoms with van der Waals surface area (Å²) in [5.41, 5.74) is 1.92. The average Bonchev–Trinajstić information content (AvgIpc) is 2.67. The van der Waals surface area contributed by atoms with Gasteiger partial charge in [-0.15, -0.1) is 0 Å². The van der Waals surface area contributed by atoms with Gasteiger partial charge in [-0.1, -0.05) is 40.9 Å².